The molecule has 0 aliphatic heterocycles. The van der Waals surface area contributed by atoms with Crippen molar-refractivity contribution >= 4 is 33.0 Å². The first-order valence-corrected chi connectivity index (χ1v) is 7.43. The van der Waals surface area contributed by atoms with Gasteiger partial charge in [0.15, 0.2) is 0 Å². The van der Waals surface area contributed by atoms with Gasteiger partial charge in [-0.2, -0.15) is 0 Å². The Morgan fingerprint density at radius 3 is 2.83 bits per heavy atom. The lowest BCUT2D eigenvalue weighted by Crippen LogP contribution is -2.03. The predicted molar refractivity (Wildman–Crippen MR) is 81.2 cm³/mol. The summed E-state index contributed by atoms with van der Waals surface area (Å²) in [5.41, 5.74) is 3.63. The van der Waals surface area contributed by atoms with E-state index in [1.807, 2.05) is 12.1 Å². The van der Waals surface area contributed by atoms with Gasteiger partial charge in [-0.05, 0) is 36.1 Å². The third-order valence-electron chi connectivity index (χ3n) is 2.82. The fourth-order valence-corrected chi connectivity index (χ4v) is 3.10. The van der Waals surface area contributed by atoms with Crippen LogP contribution in [0, 0.1) is 6.92 Å². The zero-order valence-electron chi connectivity index (χ0n) is 10.5. The number of halogens is 1. The zero-order valence-corrected chi connectivity index (χ0v) is 12.9. The van der Waals surface area contributed by atoms with Gasteiger partial charge in [-0.15, -0.1) is 11.3 Å². The van der Waals surface area contributed by atoms with Gasteiger partial charge in [0.25, 0.3) is 0 Å². The molecule has 0 aliphatic rings. The standard InChI is InChI=1S/C14H16BrNOS/c1-10-6-7-18-14(10)8-16-13-5-3-4-12(15)11(13)9-17-2/h3-7,16H,8-9H2,1-2H3. The molecule has 1 N–H and O–H groups in total. The van der Waals surface area contributed by atoms with Crippen molar-refractivity contribution in [1.29, 1.82) is 0 Å². The van der Waals surface area contributed by atoms with Gasteiger partial charge < -0.3 is 10.1 Å². The quantitative estimate of drug-likeness (QED) is 0.868. The van der Waals surface area contributed by atoms with Crippen molar-refractivity contribution in [2.75, 3.05) is 12.4 Å². The summed E-state index contributed by atoms with van der Waals surface area (Å²) in [5.74, 6) is 0. The predicted octanol–water partition coefficient (Wildman–Crippen LogP) is 4.58. The molecule has 0 aliphatic carbocycles. The zero-order chi connectivity index (χ0) is 13.0. The Labute approximate surface area is 120 Å². The largest absolute Gasteiger partial charge is 0.380 e. The van der Waals surface area contributed by atoms with Gasteiger partial charge in [-0.3, -0.25) is 0 Å². The van der Waals surface area contributed by atoms with E-state index in [2.05, 4.69) is 45.7 Å². The van der Waals surface area contributed by atoms with Crippen molar-refractivity contribution in [3.63, 3.8) is 0 Å². The lowest BCUT2D eigenvalue weighted by molar-refractivity contribution is 0.185. The van der Waals surface area contributed by atoms with Crippen LogP contribution in [-0.4, -0.2) is 7.11 Å². The monoisotopic (exact) mass is 325 g/mol. The molecule has 2 aromatic rings. The molecule has 18 heavy (non-hydrogen) atoms. The molecule has 0 atom stereocenters. The molecule has 4 heteroatoms. The number of thiophene rings is 1. The van der Waals surface area contributed by atoms with Crippen LogP contribution in [0.5, 0.6) is 0 Å². The van der Waals surface area contributed by atoms with Gasteiger partial charge >= 0.3 is 0 Å². The number of methoxy groups -OCH3 is 1. The molecule has 96 valence electrons. The van der Waals surface area contributed by atoms with Crippen LogP contribution in [0.25, 0.3) is 0 Å². The van der Waals surface area contributed by atoms with Crippen LogP contribution in [0.4, 0.5) is 5.69 Å². The second-order valence-corrected chi connectivity index (χ2v) is 5.93. The van der Waals surface area contributed by atoms with Crippen LogP contribution in [0.15, 0.2) is 34.1 Å². The number of hydrogen-bond acceptors (Lipinski definition) is 3. The number of anilines is 1. The molecule has 0 bridgehead atoms. The lowest BCUT2D eigenvalue weighted by atomic mass is 10.2. The SMILES string of the molecule is COCc1c(Br)cccc1NCc1sccc1C. The summed E-state index contributed by atoms with van der Waals surface area (Å²) in [6, 6.07) is 8.31. The second-order valence-electron chi connectivity index (χ2n) is 4.08. The van der Waals surface area contributed by atoms with Crippen LogP contribution in [0.3, 0.4) is 0 Å². The van der Waals surface area contributed by atoms with E-state index in [-0.39, 0.29) is 0 Å². The molecule has 1 aromatic carbocycles. The Kier molecular flexibility index (Phi) is 4.80. The normalized spacial score (nSPS) is 10.6. The number of hydrogen-bond donors (Lipinski definition) is 1. The number of ether oxygens (including phenoxy) is 1. The van der Waals surface area contributed by atoms with Gasteiger partial charge in [0.1, 0.15) is 0 Å². The summed E-state index contributed by atoms with van der Waals surface area (Å²) in [4.78, 5) is 1.37. The molecule has 0 fully saturated rings. The highest BCUT2D eigenvalue weighted by Gasteiger charge is 2.07. The Morgan fingerprint density at radius 1 is 1.33 bits per heavy atom. The van der Waals surface area contributed by atoms with Gasteiger partial charge in [-0.1, -0.05) is 22.0 Å². The van der Waals surface area contributed by atoms with Crippen LogP contribution in [-0.2, 0) is 17.9 Å². The van der Waals surface area contributed by atoms with E-state index in [1.54, 1.807) is 18.4 Å². The van der Waals surface area contributed by atoms with Gasteiger partial charge in [0.05, 0.1) is 6.61 Å². The Balaban J connectivity index is 2.14. The fraction of sp³-hybridized carbons (Fsp3) is 0.286. The van der Waals surface area contributed by atoms with Crippen LogP contribution in [0.1, 0.15) is 16.0 Å². The summed E-state index contributed by atoms with van der Waals surface area (Å²) in [6.45, 7) is 3.61. The lowest BCUT2D eigenvalue weighted by Gasteiger charge is -2.13. The van der Waals surface area contributed by atoms with E-state index in [9.17, 15) is 0 Å². The average Bonchev–Trinajstić information content (AvgIpc) is 2.76. The highest BCUT2D eigenvalue weighted by atomic mass is 79.9. The number of nitrogens with one attached hydrogen (secondary N) is 1. The van der Waals surface area contributed by atoms with Gasteiger partial charge in [0.2, 0.25) is 0 Å². The van der Waals surface area contributed by atoms with Gasteiger partial charge in [0, 0.05) is 34.3 Å². The smallest absolute Gasteiger partial charge is 0.0744 e. The third-order valence-corrected chi connectivity index (χ3v) is 4.58. The summed E-state index contributed by atoms with van der Waals surface area (Å²) in [5, 5.41) is 5.61. The molecule has 0 spiro atoms. The first-order valence-electron chi connectivity index (χ1n) is 5.75. The number of benzene rings is 1. The highest BCUT2D eigenvalue weighted by molar-refractivity contribution is 9.10. The molecular weight excluding hydrogens is 310 g/mol. The van der Waals surface area contributed by atoms with Crippen molar-refractivity contribution in [3.05, 3.63) is 50.1 Å². The third kappa shape index (κ3) is 3.13. The molecule has 1 aromatic heterocycles. The van der Waals surface area contributed by atoms with E-state index in [0.29, 0.717) is 6.61 Å². The fourth-order valence-electron chi connectivity index (χ4n) is 1.78. The highest BCUT2D eigenvalue weighted by Crippen LogP contribution is 2.26. The van der Waals surface area contributed by atoms with Crippen molar-refractivity contribution in [1.82, 2.24) is 0 Å². The van der Waals surface area contributed by atoms with E-state index in [4.69, 9.17) is 4.74 Å². The van der Waals surface area contributed by atoms with Crippen LogP contribution >= 0.6 is 27.3 Å². The molecule has 0 unspecified atom stereocenters. The first-order chi connectivity index (χ1) is 8.72. The van der Waals surface area contributed by atoms with E-state index in [1.165, 1.54) is 10.4 Å². The molecule has 0 radical (unpaired) electrons. The summed E-state index contributed by atoms with van der Waals surface area (Å²) in [7, 11) is 1.71. The Hall–Kier alpha value is -0.840. The minimum absolute atomic E-state index is 0.604. The van der Waals surface area contributed by atoms with Crippen LogP contribution < -0.4 is 5.32 Å². The minimum Gasteiger partial charge on any atom is -0.380 e. The maximum absolute atomic E-state index is 5.24. The van der Waals surface area contributed by atoms with Crippen molar-refractivity contribution in [2.24, 2.45) is 0 Å². The molecule has 0 amide bonds. The van der Waals surface area contributed by atoms with E-state index in [0.717, 1.165) is 22.3 Å². The summed E-state index contributed by atoms with van der Waals surface area (Å²) >= 11 is 5.35. The molecule has 0 saturated heterocycles. The number of rotatable bonds is 5. The minimum atomic E-state index is 0.604. The molecule has 2 nitrogen and oxygen atoms in total. The molecular formula is C14H16BrNOS. The molecule has 1 heterocycles. The second kappa shape index (κ2) is 6.36. The van der Waals surface area contributed by atoms with Crippen molar-refractivity contribution in [3.8, 4) is 0 Å². The van der Waals surface area contributed by atoms with Crippen molar-refractivity contribution in [2.45, 2.75) is 20.1 Å². The molecule has 0 saturated carbocycles. The van der Waals surface area contributed by atoms with Crippen LogP contribution in [0.2, 0.25) is 0 Å². The van der Waals surface area contributed by atoms with E-state index < -0.39 is 0 Å². The number of aryl methyl sites for hydroxylation is 1. The topological polar surface area (TPSA) is 21.3 Å². The van der Waals surface area contributed by atoms with Gasteiger partial charge in [-0.25, -0.2) is 0 Å². The Morgan fingerprint density at radius 2 is 2.17 bits per heavy atom. The summed E-state index contributed by atoms with van der Waals surface area (Å²) < 4.78 is 6.32. The maximum atomic E-state index is 5.24. The first kappa shape index (κ1) is 13.6. The Bertz CT molecular complexity index is 524. The average molecular weight is 326 g/mol. The van der Waals surface area contributed by atoms with Crippen molar-refractivity contribution < 1.29 is 4.74 Å². The van der Waals surface area contributed by atoms with E-state index >= 15 is 0 Å². The maximum Gasteiger partial charge on any atom is 0.0744 e. The molecule has 2 rings (SSSR count). The summed E-state index contributed by atoms with van der Waals surface area (Å²) in [6.07, 6.45) is 0.